The first-order chi connectivity index (χ1) is 10.2. The summed E-state index contributed by atoms with van der Waals surface area (Å²) in [4.78, 5) is 23.0. The molecule has 3 aliphatic heterocycles. The Morgan fingerprint density at radius 3 is 2.81 bits per heavy atom. The Morgan fingerprint density at radius 1 is 1.24 bits per heavy atom. The minimum Gasteiger partial charge on any atom is -0.317 e. The summed E-state index contributed by atoms with van der Waals surface area (Å²) in [5.74, 6) is 1.50. The molecule has 1 aromatic carbocycles. The molecule has 0 saturated carbocycles. The van der Waals surface area contributed by atoms with E-state index in [1.807, 2.05) is 0 Å². The highest BCUT2D eigenvalue weighted by Crippen LogP contribution is 2.41. The molecule has 0 bridgehead atoms. The lowest BCUT2D eigenvalue weighted by Gasteiger charge is -2.14. The van der Waals surface area contributed by atoms with E-state index in [4.69, 9.17) is 0 Å². The number of hydrogen-bond acceptors (Lipinski definition) is 6. The summed E-state index contributed by atoms with van der Waals surface area (Å²) in [7, 11) is 0. The van der Waals surface area contributed by atoms with Gasteiger partial charge in [0.2, 0.25) is 0 Å². The Balaban J connectivity index is 1.76. The standard InChI is InChI=1S/C13H9N5O2S/c19-18(20)9-3-1-8(2-4-9)10-5-21-13-11-12(15-6-14-11)16-7-17(10)13/h1-4,6-7,10H,5H2. The van der Waals surface area contributed by atoms with Crippen molar-refractivity contribution in [3.05, 3.63) is 52.6 Å². The van der Waals surface area contributed by atoms with Crippen molar-refractivity contribution in [2.75, 3.05) is 5.75 Å². The third-order valence-electron chi connectivity index (χ3n) is 3.52. The predicted octanol–water partition coefficient (Wildman–Crippen LogP) is 2.38. The van der Waals surface area contributed by atoms with Crippen LogP contribution in [0.25, 0.3) is 11.5 Å². The molecule has 0 saturated heterocycles. The number of thioether (sulfide) groups is 1. The number of nitrogens with zero attached hydrogens (tertiary/aromatic N) is 5. The van der Waals surface area contributed by atoms with Crippen LogP contribution >= 0.6 is 11.8 Å². The lowest BCUT2D eigenvalue weighted by molar-refractivity contribution is -0.384. The molecule has 1 aromatic rings. The van der Waals surface area contributed by atoms with E-state index < -0.39 is 0 Å². The van der Waals surface area contributed by atoms with Crippen LogP contribution in [-0.4, -0.2) is 30.2 Å². The molecule has 1 atom stereocenters. The number of nitro benzene ring substituents is 1. The minimum atomic E-state index is -0.390. The zero-order valence-electron chi connectivity index (χ0n) is 10.7. The van der Waals surface area contributed by atoms with Gasteiger partial charge >= 0.3 is 0 Å². The zero-order chi connectivity index (χ0) is 14.4. The summed E-state index contributed by atoms with van der Waals surface area (Å²) in [6, 6.07) is 6.78. The van der Waals surface area contributed by atoms with Crippen LogP contribution in [0.5, 0.6) is 0 Å². The van der Waals surface area contributed by atoms with E-state index in [1.54, 1.807) is 30.2 Å². The Labute approximate surface area is 123 Å². The van der Waals surface area contributed by atoms with Crippen LogP contribution in [0.3, 0.4) is 0 Å². The van der Waals surface area contributed by atoms with Gasteiger partial charge in [0.1, 0.15) is 17.0 Å². The summed E-state index contributed by atoms with van der Waals surface area (Å²) < 4.78 is 2.06. The molecular weight excluding hydrogens is 290 g/mol. The highest BCUT2D eigenvalue weighted by Gasteiger charge is 2.28. The van der Waals surface area contributed by atoms with Gasteiger partial charge in [0.05, 0.1) is 17.3 Å². The van der Waals surface area contributed by atoms with Crippen molar-refractivity contribution < 1.29 is 4.92 Å². The molecule has 21 heavy (non-hydrogen) atoms. The highest BCUT2D eigenvalue weighted by molar-refractivity contribution is 7.99. The van der Waals surface area contributed by atoms with E-state index in [2.05, 4.69) is 19.5 Å². The van der Waals surface area contributed by atoms with Gasteiger partial charge < -0.3 is 4.57 Å². The first kappa shape index (κ1) is 12.3. The summed E-state index contributed by atoms with van der Waals surface area (Å²) in [6.45, 7) is 0. The molecule has 104 valence electrons. The van der Waals surface area contributed by atoms with Gasteiger partial charge in [-0.15, -0.1) is 11.8 Å². The average Bonchev–Trinajstić information content (AvgIpc) is 3.13. The Kier molecular flexibility index (Phi) is 2.64. The molecule has 0 amide bonds. The van der Waals surface area contributed by atoms with Gasteiger partial charge in [-0.25, -0.2) is 15.0 Å². The number of non-ortho nitro benzene ring substituents is 1. The van der Waals surface area contributed by atoms with Crippen molar-refractivity contribution >= 4 is 17.4 Å². The Bertz CT molecular complexity index is 801. The number of aromatic nitrogens is 4. The maximum absolute atomic E-state index is 10.7. The second-order valence-electron chi connectivity index (χ2n) is 4.68. The molecular formula is C13H9N5O2S. The normalized spacial score (nSPS) is 17.0. The Morgan fingerprint density at radius 2 is 2.05 bits per heavy atom. The second-order valence-corrected chi connectivity index (χ2v) is 5.69. The van der Waals surface area contributed by atoms with Crippen LogP contribution < -0.4 is 0 Å². The number of hydrogen-bond donors (Lipinski definition) is 0. The van der Waals surface area contributed by atoms with Crippen LogP contribution in [0, 0.1) is 10.1 Å². The lowest BCUT2D eigenvalue weighted by Crippen LogP contribution is -2.10. The molecule has 0 aromatic heterocycles. The van der Waals surface area contributed by atoms with Crippen molar-refractivity contribution in [3.8, 4) is 11.5 Å². The van der Waals surface area contributed by atoms with Crippen LogP contribution in [0.15, 0.2) is 41.9 Å². The predicted molar refractivity (Wildman–Crippen MR) is 76.4 cm³/mol. The van der Waals surface area contributed by atoms with Gasteiger partial charge in [0, 0.05) is 17.9 Å². The third kappa shape index (κ3) is 1.87. The van der Waals surface area contributed by atoms with Gasteiger partial charge in [-0.05, 0) is 5.56 Å². The van der Waals surface area contributed by atoms with Crippen molar-refractivity contribution in [1.82, 2.24) is 19.5 Å². The highest BCUT2D eigenvalue weighted by atomic mass is 32.2. The minimum absolute atomic E-state index is 0.102. The van der Waals surface area contributed by atoms with Gasteiger partial charge in [-0.3, -0.25) is 10.1 Å². The van der Waals surface area contributed by atoms with Crippen LogP contribution in [0.1, 0.15) is 11.6 Å². The largest absolute Gasteiger partial charge is 0.317 e. The van der Waals surface area contributed by atoms with Crippen molar-refractivity contribution in [3.63, 3.8) is 0 Å². The van der Waals surface area contributed by atoms with E-state index in [9.17, 15) is 10.1 Å². The lowest BCUT2D eigenvalue weighted by atomic mass is 10.1. The fourth-order valence-electron chi connectivity index (χ4n) is 2.48. The van der Waals surface area contributed by atoms with Crippen LogP contribution in [0.2, 0.25) is 0 Å². The fourth-order valence-corrected chi connectivity index (χ4v) is 3.75. The first-order valence-electron chi connectivity index (χ1n) is 6.29. The molecule has 8 heteroatoms. The topological polar surface area (TPSA) is 86.7 Å². The molecule has 7 nitrogen and oxygen atoms in total. The molecule has 3 heterocycles. The van der Waals surface area contributed by atoms with Gasteiger partial charge in [-0.2, -0.15) is 0 Å². The van der Waals surface area contributed by atoms with Gasteiger partial charge in [0.25, 0.3) is 5.69 Å². The average molecular weight is 299 g/mol. The van der Waals surface area contributed by atoms with Crippen LogP contribution in [-0.2, 0) is 0 Å². The molecule has 0 N–H and O–H groups in total. The maximum atomic E-state index is 10.7. The summed E-state index contributed by atoms with van der Waals surface area (Å²) in [5.41, 5.74) is 1.94. The molecule has 4 rings (SSSR count). The number of rotatable bonds is 2. The van der Waals surface area contributed by atoms with E-state index in [1.165, 1.54) is 18.5 Å². The van der Waals surface area contributed by atoms with E-state index in [0.29, 0.717) is 5.82 Å². The third-order valence-corrected chi connectivity index (χ3v) is 4.68. The number of fused-ring (bicyclic) bond motifs is 3. The SMILES string of the molecule is O=[N+]([O-])c1ccc(C2CSc3c4ncnc-4ncn32)cc1. The second kappa shape index (κ2) is 4.52. The number of imidazole rings is 1. The molecule has 3 aliphatic rings. The number of benzene rings is 1. The van der Waals surface area contributed by atoms with Crippen molar-refractivity contribution in [1.29, 1.82) is 0 Å². The molecule has 0 fully saturated rings. The van der Waals surface area contributed by atoms with Crippen molar-refractivity contribution in [2.45, 2.75) is 11.1 Å². The molecule has 0 spiro atoms. The molecule has 1 unspecified atom stereocenters. The van der Waals surface area contributed by atoms with Crippen LogP contribution in [0.4, 0.5) is 5.69 Å². The summed E-state index contributed by atoms with van der Waals surface area (Å²) in [6.07, 6.45) is 3.27. The van der Waals surface area contributed by atoms with E-state index in [-0.39, 0.29) is 16.7 Å². The smallest absolute Gasteiger partial charge is 0.269 e. The summed E-state index contributed by atoms with van der Waals surface area (Å²) in [5, 5.41) is 11.8. The molecule has 0 radical (unpaired) electrons. The molecule has 0 aliphatic carbocycles. The van der Waals surface area contributed by atoms with E-state index >= 15 is 0 Å². The number of nitro groups is 1. The monoisotopic (exact) mass is 299 g/mol. The quantitative estimate of drug-likeness (QED) is 0.410. The fraction of sp³-hybridized carbons (Fsp3) is 0.154. The maximum Gasteiger partial charge on any atom is 0.269 e. The summed E-state index contributed by atoms with van der Waals surface area (Å²) >= 11 is 1.70. The van der Waals surface area contributed by atoms with Gasteiger partial charge in [0.15, 0.2) is 5.82 Å². The van der Waals surface area contributed by atoms with E-state index in [0.717, 1.165) is 22.0 Å². The first-order valence-corrected chi connectivity index (χ1v) is 7.27. The zero-order valence-corrected chi connectivity index (χ0v) is 11.5. The van der Waals surface area contributed by atoms with Crippen molar-refractivity contribution in [2.24, 2.45) is 0 Å². The van der Waals surface area contributed by atoms with Gasteiger partial charge in [-0.1, -0.05) is 12.1 Å². The Hall–Kier alpha value is -2.48.